The Hall–Kier alpha value is -1.78. The molecule has 0 unspecified atom stereocenters. The Morgan fingerprint density at radius 2 is 2.00 bits per heavy atom. The van der Waals surface area contributed by atoms with Gasteiger partial charge in [-0.1, -0.05) is 47.5 Å². The molecule has 0 saturated carbocycles. The molecule has 0 aliphatic carbocycles. The van der Waals surface area contributed by atoms with Gasteiger partial charge in [-0.3, -0.25) is 4.79 Å². The summed E-state index contributed by atoms with van der Waals surface area (Å²) in [6.45, 7) is 2.54. The van der Waals surface area contributed by atoms with E-state index in [0.717, 1.165) is 5.56 Å². The first-order valence-corrected chi connectivity index (χ1v) is 9.13. The maximum atomic E-state index is 13.6. The van der Waals surface area contributed by atoms with E-state index in [2.05, 4.69) is 5.32 Å². The van der Waals surface area contributed by atoms with Crippen LogP contribution in [0.15, 0.2) is 48.5 Å². The second-order valence-corrected chi connectivity index (χ2v) is 6.80. The van der Waals surface area contributed by atoms with Gasteiger partial charge in [0.2, 0.25) is 5.91 Å². The van der Waals surface area contributed by atoms with Gasteiger partial charge in [-0.15, -0.1) is 0 Å². The molecule has 2 nitrogen and oxygen atoms in total. The Kier molecular flexibility index (Phi) is 7.35. The summed E-state index contributed by atoms with van der Waals surface area (Å²) in [6.07, 6.45) is 3.30. The van der Waals surface area contributed by atoms with E-state index >= 15 is 0 Å². The summed E-state index contributed by atoms with van der Waals surface area (Å²) in [5.41, 5.74) is 2.68. The van der Waals surface area contributed by atoms with Gasteiger partial charge in [0.1, 0.15) is 5.82 Å². The van der Waals surface area contributed by atoms with Gasteiger partial charge in [-0.05, 0) is 30.7 Å². The number of hydrogen-bond acceptors (Lipinski definition) is 2. The van der Waals surface area contributed by atoms with Crippen LogP contribution in [0.4, 0.5) is 4.39 Å². The Labute approximate surface area is 151 Å². The standard InChI is InChI=1S/C19H19ClFNOS/c1-14-5-7-15(8-6-14)9-10-19(23)22-11-12-24-13-16-17(20)3-2-4-18(16)21/h2-10H,11-13H2,1H3,(H,22,23)/b10-9+. The average molecular weight is 364 g/mol. The summed E-state index contributed by atoms with van der Waals surface area (Å²) in [5.74, 6) is 0.746. The van der Waals surface area contributed by atoms with Gasteiger partial charge in [0.15, 0.2) is 0 Å². The quantitative estimate of drug-likeness (QED) is 0.562. The minimum Gasteiger partial charge on any atom is -0.352 e. The fraction of sp³-hybridized carbons (Fsp3) is 0.211. The maximum Gasteiger partial charge on any atom is 0.244 e. The predicted molar refractivity (Wildman–Crippen MR) is 101 cm³/mol. The number of amides is 1. The van der Waals surface area contributed by atoms with E-state index in [4.69, 9.17) is 11.6 Å². The number of thioether (sulfide) groups is 1. The molecule has 0 atom stereocenters. The molecule has 0 aromatic heterocycles. The first-order valence-electron chi connectivity index (χ1n) is 7.59. The first-order chi connectivity index (χ1) is 11.6. The highest BCUT2D eigenvalue weighted by atomic mass is 35.5. The fourth-order valence-electron chi connectivity index (χ4n) is 2.00. The number of aryl methyl sites for hydroxylation is 1. The van der Waals surface area contributed by atoms with Gasteiger partial charge in [-0.25, -0.2) is 4.39 Å². The summed E-state index contributed by atoms with van der Waals surface area (Å²) >= 11 is 7.50. The van der Waals surface area contributed by atoms with Crippen molar-refractivity contribution in [3.05, 3.63) is 76.1 Å². The Bertz CT molecular complexity index is 696. The molecule has 2 aromatic rings. The molecule has 5 heteroatoms. The fourth-order valence-corrected chi connectivity index (χ4v) is 3.20. The molecule has 1 amide bonds. The third-order valence-electron chi connectivity index (χ3n) is 3.36. The van der Waals surface area contributed by atoms with Crippen LogP contribution in [0.25, 0.3) is 6.08 Å². The van der Waals surface area contributed by atoms with Crippen molar-refractivity contribution < 1.29 is 9.18 Å². The highest BCUT2D eigenvalue weighted by molar-refractivity contribution is 7.98. The molecule has 0 bridgehead atoms. The van der Waals surface area contributed by atoms with Crippen LogP contribution in [-0.4, -0.2) is 18.2 Å². The maximum absolute atomic E-state index is 13.6. The number of benzene rings is 2. The van der Waals surface area contributed by atoms with E-state index in [9.17, 15) is 9.18 Å². The van der Waals surface area contributed by atoms with Crippen LogP contribution in [0.1, 0.15) is 16.7 Å². The second kappa shape index (κ2) is 9.50. The topological polar surface area (TPSA) is 29.1 Å². The summed E-state index contributed by atoms with van der Waals surface area (Å²) in [5, 5.41) is 3.24. The van der Waals surface area contributed by atoms with E-state index in [0.29, 0.717) is 28.6 Å². The van der Waals surface area contributed by atoms with E-state index in [1.54, 1.807) is 18.2 Å². The number of rotatable bonds is 7. The van der Waals surface area contributed by atoms with Gasteiger partial charge in [0.25, 0.3) is 0 Å². The van der Waals surface area contributed by atoms with Crippen LogP contribution < -0.4 is 5.32 Å². The SMILES string of the molecule is Cc1ccc(/C=C/C(=O)NCCSCc2c(F)cccc2Cl)cc1. The lowest BCUT2D eigenvalue weighted by Crippen LogP contribution is -2.23. The smallest absolute Gasteiger partial charge is 0.244 e. The molecule has 0 heterocycles. The van der Waals surface area contributed by atoms with Crippen molar-refractivity contribution in [1.82, 2.24) is 5.32 Å². The summed E-state index contributed by atoms with van der Waals surface area (Å²) in [7, 11) is 0. The van der Waals surface area contributed by atoms with Crippen LogP contribution in [0, 0.1) is 12.7 Å². The Morgan fingerprint density at radius 3 is 2.71 bits per heavy atom. The third kappa shape index (κ3) is 6.02. The average Bonchev–Trinajstić information content (AvgIpc) is 2.56. The molecule has 24 heavy (non-hydrogen) atoms. The van der Waals surface area contributed by atoms with E-state index in [-0.39, 0.29) is 11.7 Å². The molecule has 1 N–H and O–H groups in total. The number of carbonyl (C=O) groups is 1. The van der Waals surface area contributed by atoms with Gasteiger partial charge < -0.3 is 5.32 Å². The zero-order valence-electron chi connectivity index (χ0n) is 13.4. The molecule has 2 rings (SSSR count). The minimum absolute atomic E-state index is 0.139. The molecule has 0 fully saturated rings. The molecular formula is C19H19ClFNOS. The van der Waals surface area contributed by atoms with E-state index in [1.807, 2.05) is 31.2 Å². The third-order valence-corrected chi connectivity index (χ3v) is 4.70. The zero-order chi connectivity index (χ0) is 17.4. The van der Waals surface area contributed by atoms with Crippen LogP contribution in [-0.2, 0) is 10.5 Å². The van der Waals surface area contributed by atoms with Crippen molar-refractivity contribution in [3.63, 3.8) is 0 Å². The monoisotopic (exact) mass is 363 g/mol. The summed E-state index contributed by atoms with van der Waals surface area (Å²) < 4.78 is 13.6. The highest BCUT2D eigenvalue weighted by Crippen LogP contribution is 2.23. The molecule has 0 aliphatic heterocycles. The zero-order valence-corrected chi connectivity index (χ0v) is 15.0. The van der Waals surface area contributed by atoms with Gasteiger partial charge in [0, 0.05) is 34.7 Å². The van der Waals surface area contributed by atoms with Crippen molar-refractivity contribution in [2.75, 3.05) is 12.3 Å². The Morgan fingerprint density at radius 1 is 1.25 bits per heavy atom. The normalized spacial score (nSPS) is 11.0. The summed E-state index contributed by atoms with van der Waals surface area (Å²) in [6, 6.07) is 12.6. The number of nitrogens with one attached hydrogen (secondary N) is 1. The van der Waals surface area contributed by atoms with Crippen molar-refractivity contribution in [1.29, 1.82) is 0 Å². The number of carbonyl (C=O) groups excluding carboxylic acids is 1. The molecule has 0 radical (unpaired) electrons. The van der Waals surface area contributed by atoms with Crippen molar-refractivity contribution >= 4 is 35.3 Å². The first kappa shape index (κ1) is 18.6. The largest absolute Gasteiger partial charge is 0.352 e. The van der Waals surface area contributed by atoms with Crippen molar-refractivity contribution in [3.8, 4) is 0 Å². The molecule has 2 aromatic carbocycles. The minimum atomic E-state index is -0.292. The highest BCUT2D eigenvalue weighted by Gasteiger charge is 2.06. The molecule has 0 saturated heterocycles. The molecule has 126 valence electrons. The van der Waals surface area contributed by atoms with Crippen molar-refractivity contribution in [2.24, 2.45) is 0 Å². The van der Waals surface area contributed by atoms with Gasteiger partial charge in [0.05, 0.1) is 0 Å². The van der Waals surface area contributed by atoms with E-state index in [1.165, 1.54) is 29.5 Å². The molecule has 0 aliphatic rings. The second-order valence-electron chi connectivity index (χ2n) is 5.29. The number of hydrogen-bond donors (Lipinski definition) is 1. The van der Waals surface area contributed by atoms with Crippen LogP contribution in [0.2, 0.25) is 5.02 Å². The van der Waals surface area contributed by atoms with E-state index < -0.39 is 0 Å². The van der Waals surface area contributed by atoms with Gasteiger partial charge in [-0.2, -0.15) is 11.8 Å². The lowest BCUT2D eigenvalue weighted by Gasteiger charge is -2.06. The lowest BCUT2D eigenvalue weighted by molar-refractivity contribution is -0.116. The molecule has 0 spiro atoms. The number of halogens is 2. The van der Waals surface area contributed by atoms with Crippen LogP contribution in [0.5, 0.6) is 0 Å². The van der Waals surface area contributed by atoms with Gasteiger partial charge >= 0.3 is 0 Å². The predicted octanol–water partition coefficient (Wildman–Crippen LogP) is 4.85. The van der Waals surface area contributed by atoms with Crippen LogP contribution >= 0.6 is 23.4 Å². The van der Waals surface area contributed by atoms with Crippen molar-refractivity contribution in [2.45, 2.75) is 12.7 Å². The summed E-state index contributed by atoms with van der Waals surface area (Å²) in [4.78, 5) is 11.7. The Balaban J connectivity index is 1.68. The lowest BCUT2D eigenvalue weighted by atomic mass is 10.1. The molecular weight excluding hydrogens is 345 g/mol. The van der Waals surface area contributed by atoms with Crippen LogP contribution in [0.3, 0.4) is 0 Å².